The molecule has 0 unspecified atom stereocenters. The van der Waals surface area contributed by atoms with Crippen molar-refractivity contribution in [1.82, 2.24) is 14.9 Å². The molecule has 4 atom stereocenters. The van der Waals surface area contributed by atoms with E-state index in [4.69, 9.17) is 28.6 Å². The average Bonchev–Trinajstić information content (AvgIpc) is 3.46. The first-order chi connectivity index (χ1) is 17.5. The van der Waals surface area contributed by atoms with Crippen LogP contribution in [0, 0.1) is 11.8 Å². The van der Waals surface area contributed by atoms with Crippen molar-refractivity contribution in [3.63, 3.8) is 0 Å². The van der Waals surface area contributed by atoms with Gasteiger partial charge in [-0.2, -0.15) is 0 Å². The van der Waals surface area contributed by atoms with Gasteiger partial charge < -0.3 is 24.4 Å². The second-order valence-corrected chi connectivity index (χ2v) is 10.9. The number of hydrogen-bond donors (Lipinski definition) is 1. The summed E-state index contributed by atoms with van der Waals surface area (Å²) in [4.78, 5) is 9.28. The fourth-order valence-electron chi connectivity index (χ4n) is 5.78. The molecule has 2 aliphatic heterocycles. The van der Waals surface area contributed by atoms with Crippen molar-refractivity contribution in [2.24, 2.45) is 11.8 Å². The Labute approximate surface area is 224 Å². The summed E-state index contributed by atoms with van der Waals surface area (Å²) in [5, 5.41) is 4.97. The maximum atomic E-state index is 6.94. The maximum Gasteiger partial charge on any atom is 0.174 e. The summed E-state index contributed by atoms with van der Waals surface area (Å²) in [6.45, 7) is 8.10. The molecule has 8 heteroatoms. The van der Waals surface area contributed by atoms with Crippen LogP contribution in [0.1, 0.15) is 43.7 Å². The lowest BCUT2D eigenvalue weighted by Crippen LogP contribution is -2.38. The Morgan fingerprint density at radius 1 is 1.11 bits per heavy atom. The van der Waals surface area contributed by atoms with E-state index in [0.717, 1.165) is 47.4 Å². The molecular weight excluding hydrogens is 490 g/mol. The lowest BCUT2D eigenvalue weighted by atomic mass is 9.91. The third-order valence-corrected chi connectivity index (χ3v) is 7.84. The van der Waals surface area contributed by atoms with Crippen LogP contribution in [0.2, 0.25) is 5.02 Å². The molecule has 1 aromatic carbocycles. The van der Waals surface area contributed by atoms with Crippen LogP contribution in [0.4, 0.5) is 11.4 Å². The molecule has 0 saturated carbocycles. The molecule has 3 aromatic rings. The number of benzene rings is 1. The molecule has 0 bridgehead atoms. The predicted octanol–water partition coefficient (Wildman–Crippen LogP) is 5.84. The molecule has 0 radical (unpaired) electrons. The van der Waals surface area contributed by atoms with Gasteiger partial charge in [0.2, 0.25) is 0 Å². The maximum absolute atomic E-state index is 6.94. The molecule has 36 heavy (non-hydrogen) atoms. The minimum absolute atomic E-state index is 0.0868. The fraction of sp³-hybridized carbons (Fsp3) is 0.429. The molecule has 4 heterocycles. The van der Waals surface area contributed by atoms with Crippen LogP contribution in [0.25, 0.3) is 0 Å². The zero-order valence-corrected chi connectivity index (χ0v) is 22.7. The first-order valence-electron chi connectivity index (χ1n) is 12.7. The number of nitrogens with one attached hydrogen (secondary N) is 1. The van der Waals surface area contributed by atoms with Gasteiger partial charge in [0.05, 0.1) is 29.1 Å². The molecule has 2 aromatic heterocycles. The number of rotatable bonds is 7. The Kier molecular flexibility index (Phi) is 7.51. The van der Waals surface area contributed by atoms with Gasteiger partial charge in [0.1, 0.15) is 6.04 Å². The lowest BCUT2D eigenvalue weighted by molar-refractivity contribution is 0.186. The normalized spacial score (nSPS) is 24.3. The van der Waals surface area contributed by atoms with E-state index in [9.17, 15) is 0 Å². The predicted molar refractivity (Wildman–Crippen MR) is 151 cm³/mol. The van der Waals surface area contributed by atoms with Crippen LogP contribution in [0.5, 0.6) is 0 Å². The van der Waals surface area contributed by atoms with Gasteiger partial charge in [-0.3, -0.25) is 4.98 Å². The Morgan fingerprint density at radius 3 is 2.61 bits per heavy atom. The van der Waals surface area contributed by atoms with Crippen molar-refractivity contribution in [3.05, 3.63) is 77.3 Å². The largest absolute Gasteiger partial charge is 0.383 e. The molecule has 190 valence electrons. The monoisotopic (exact) mass is 523 g/mol. The SMILES string of the molecule is COCCn1cccc1[C@@H]1[C@H](c2ccccn2)NC(=S)N1c1ccc(N2C[C@@H](C)C[C@H](C)C2)c(Cl)c1. The van der Waals surface area contributed by atoms with E-state index >= 15 is 0 Å². The smallest absolute Gasteiger partial charge is 0.174 e. The van der Waals surface area contributed by atoms with E-state index in [1.807, 2.05) is 24.4 Å². The molecule has 5 rings (SSSR count). The Bertz CT molecular complexity index is 1190. The van der Waals surface area contributed by atoms with Crippen molar-refractivity contribution in [2.75, 3.05) is 36.6 Å². The van der Waals surface area contributed by atoms with E-state index in [1.54, 1.807) is 7.11 Å². The number of aromatic nitrogens is 2. The number of hydrogen-bond acceptors (Lipinski definition) is 4. The topological polar surface area (TPSA) is 45.6 Å². The number of halogens is 1. The van der Waals surface area contributed by atoms with E-state index in [1.165, 1.54) is 6.42 Å². The molecule has 0 spiro atoms. The summed E-state index contributed by atoms with van der Waals surface area (Å²) >= 11 is 12.9. The molecule has 6 nitrogen and oxygen atoms in total. The lowest BCUT2D eigenvalue weighted by Gasteiger charge is -2.37. The van der Waals surface area contributed by atoms with Crippen LogP contribution in [0.15, 0.2) is 60.9 Å². The van der Waals surface area contributed by atoms with Crippen LogP contribution < -0.4 is 15.1 Å². The number of thiocarbonyl (C=S) groups is 1. The first-order valence-corrected chi connectivity index (χ1v) is 13.4. The summed E-state index contributed by atoms with van der Waals surface area (Å²) in [5.41, 5.74) is 4.17. The average molecular weight is 524 g/mol. The van der Waals surface area contributed by atoms with E-state index in [0.29, 0.717) is 23.6 Å². The number of pyridine rings is 1. The standard InChI is InChI=1S/C28H34ClN5OS/c1-19-15-20(2)18-33(17-19)24-10-9-21(16-22(24)29)34-27(25-8-6-12-32(25)13-14-35-3)26(31-28(34)36)23-7-4-5-11-30-23/h4-12,16,19-20,26-27H,13-15,17-18H2,1-3H3,(H,31,36)/t19-,20-,26-,27+/m0/s1. The van der Waals surface area contributed by atoms with Gasteiger partial charge in [-0.15, -0.1) is 0 Å². The summed E-state index contributed by atoms with van der Waals surface area (Å²) in [6.07, 6.45) is 5.19. The number of nitrogens with zero attached hydrogens (tertiary/aromatic N) is 4. The van der Waals surface area contributed by atoms with Crippen molar-refractivity contribution < 1.29 is 4.74 Å². The van der Waals surface area contributed by atoms with Crippen LogP contribution in [0.3, 0.4) is 0 Å². The number of piperidine rings is 1. The molecule has 0 aliphatic carbocycles. The second kappa shape index (κ2) is 10.8. The number of methoxy groups -OCH3 is 1. The van der Waals surface area contributed by atoms with E-state index in [-0.39, 0.29) is 12.1 Å². The van der Waals surface area contributed by atoms with Gasteiger partial charge in [-0.05, 0) is 72.9 Å². The zero-order valence-electron chi connectivity index (χ0n) is 21.1. The molecule has 2 fully saturated rings. The molecule has 2 aliphatic rings. The minimum atomic E-state index is -0.0999. The first kappa shape index (κ1) is 25.1. The highest BCUT2D eigenvalue weighted by Gasteiger charge is 2.42. The second-order valence-electron chi connectivity index (χ2n) is 10.1. The fourth-order valence-corrected chi connectivity index (χ4v) is 6.42. The van der Waals surface area contributed by atoms with Crippen LogP contribution in [-0.4, -0.2) is 41.5 Å². The summed E-state index contributed by atoms with van der Waals surface area (Å²) in [6, 6.07) is 16.4. The minimum Gasteiger partial charge on any atom is -0.383 e. The molecular formula is C28H34ClN5OS. The summed E-state index contributed by atoms with van der Waals surface area (Å²) in [7, 11) is 1.73. The van der Waals surface area contributed by atoms with Crippen molar-refractivity contribution in [3.8, 4) is 0 Å². The Hall–Kier alpha value is -2.61. The third-order valence-electron chi connectivity index (χ3n) is 7.22. The van der Waals surface area contributed by atoms with Crippen LogP contribution >= 0.6 is 23.8 Å². The molecule has 0 amide bonds. The number of ether oxygens (including phenoxy) is 1. The zero-order chi connectivity index (χ0) is 25.2. The van der Waals surface area contributed by atoms with Crippen molar-refractivity contribution in [2.45, 2.75) is 38.9 Å². The van der Waals surface area contributed by atoms with Crippen LogP contribution in [-0.2, 0) is 11.3 Å². The van der Waals surface area contributed by atoms with Crippen molar-refractivity contribution in [1.29, 1.82) is 0 Å². The van der Waals surface area contributed by atoms with E-state index < -0.39 is 0 Å². The van der Waals surface area contributed by atoms with Gasteiger partial charge in [-0.25, -0.2) is 0 Å². The van der Waals surface area contributed by atoms with Gasteiger partial charge in [0.25, 0.3) is 0 Å². The number of anilines is 2. The highest BCUT2D eigenvalue weighted by Crippen LogP contribution is 2.43. The quantitative estimate of drug-likeness (QED) is 0.392. The highest BCUT2D eigenvalue weighted by atomic mass is 35.5. The molecule has 1 N–H and O–H groups in total. The van der Waals surface area contributed by atoms with Gasteiger partial charge >= 0.3 is 0 Å². The van der Waals surface area contributed by atoms with E-state index in [2.05, 4.69) is 75.0 Å². The Balaban J connectivity index is 1.53. The van der Waals surface area contributed by atoms with Gasteiger partial charge in [0, 0.05) is 50.5 Å². The Morgan fingerprint density at radius 2 is 1.92 bits per heavy atom. The highest BCUT2D eigenvalue weighted by molar-refractivity contribution is 7.80. The van der Waals surface area contributed by atoms with Gasteiger partial charge in [-0.1, -0.05) is 31.5 Å². The molecule has 2 saturated heterocycles. The third kappa shape index (κ3) is 4.97. The summed E-state index contributed by atoms with van der Waals surface area (Å²) < 4.78 is 7.60. The summed E-state index contributed by atoms with van der Waals surface area (Å²) in [5.74, 6) is 1.31. The van der Waals surface area contributed by atoms with Gasteiger partial charge in [0.15, 0.2) is 5.11 Å². The van der Waals surface area contributed by atoms with Crippen molar-refractivity contribution >= 4 is 40.3 Å².